The summed E-state index contributed by atoms with van der Waals surface area (Å²) in [6, 6.07) is 11.0. The number of nitrogens with zero attached hydrogens (tertiary/aromatic N) is 7. The highest BCUT2D eigenvalue weighted by atomic mass is 16.6. The topological polar surface area (TPSA) is 137 Å². The SMILES string of the molecule is C[C@@H]1CC(=O)N(COC(=O)N2CCC(N3CCCCC3)CC2)N=C1c1ccc(NN=C(C#N)C#N)cc1. The van der Waals surface area contributed by atoms with Gasteiger partial charge in [0, 0.05) is 31.5 Å². The third-order valence-corrected chi connectivity index (χ3v) is 7.09. The van der Waals surface area contributed by atoms with E-state index >= 15 is 0 Å². The maximum Gasteiger partial charge on any atom is 0.411 e. The molecule has 0 aliphatic carbocycles. The number of carbonyl (C=O) groups excluding carboxylic acids is 2. The van der Waals surface area contributed by atoms with E-state index in [-0.39, 0.29) is 30.7 Å². The van der Waals surface area contributed by atoms with Crippen LogP contribution in [0.25, 0.3) is 0 Å². The summed E-state index contributed by atoms with van der Waals surface area (Å²) in [7, 11) is 0. The number of nitriles is 2. The van der Waals surface area contributed by atoms with E-state index in [1.807, 2.05) is 19.1 Å². The molecule has 3 aliphatic rings. The molecule has 0 spiro atoms. The lowest BCUT2D eigenvalue weighted by Gasteiger charge is -2.39. The van der Waals surface area contributed by atoms with Crippen molar-refractivity contribution in [3.63, 3.8) is 0 Å². The van der Waals surface area contributed by atoms with Gasteiger partial charge in [0.2, 0.25) is 11.6 Å². The van der Waals surface area contributed by atoms with Gasteiger partial charge in [-0.1, -0.05) is 25.5 Å². The molecule has 1 aromatic rings. The lowest BCUT2D eigenvalue weighted by molar-refractivity contribution is -0.136. The van der Waals surface area contributed by atoms with Gasteiger partial charge in [0.1, 0.15) is 12.1 Å². The monoisotopic (exact) mass is 504 g/mol. The van der Waals surface area contributed by atoms with E-state index in [0.717, 1.165) is 31.5 Å². The molecule has 37 heavy (non-hydrogen) atoms. The second-order valence-corrected chi connectivity index (χ2v) is 9.61. The van der Waals surface area contributed by atoms with Crippen molar-refractivity contribution in [2.24, 2.45) is 16.1 Å². The average molecular weight is 505 g/mol. The fourth-order valence-corrected chi connectivity index (χ4v) is 5.01. The van der Waals surface area contributed by atoms with Gasteiger partial charge in [-0.05, 0) is 56.5 Å². The van der Waals surface area contributed by atoms with Crippen LogP contribution in [-0.4, -0.2) is 77.2 Å². The number of carbonyl (C=O) groups is 2. The summed E-state index contributed by atoms with van der Waals surface area (Å²) in [5, 5.41) is 27.0. The molecule has 1 aromatic carbocycles. The number of amides is 2. The minimum Gasteiger partial charge on any atom is -0.426 e. The molecule has 11 nitrogen and oxygen atoms in total. The zero-order valence-corrected chi connectivity index (χ0v) is 21.1. The Morgan fingerprint density at radius 2 is 1.78 bits per heavy atom. The van der Waals surface area contributed by atoms with E-state index in [1.54, 1.807) is 29.2 Å². The number of hydrogen-bond donors (Lipinski definition) is 1. The van der Waals surface area contributed by atoms with Crippen molar-refractivity contribution in [3.8, 4) is 12.1 Å². The van der Waals surface area contributed by atoms with Crippen molar-refractivity contribution in [2.45, 2.75) is 51.5 Å². The number of ether oxygens (including phenoxy) is 1. The summed E-state index contributed by atoms with van der Waals surface area (Å²) in [6.45, 7) is 5.33. The first-order valence-corrected chi connectivity index (χ1v) is 12.8. The second-order valence-electron chi connectivity index (χ2n) is 9.61. The largest absolute Gasteiger partial charge is 0.426 e. The zero-order valence-electron chi connectivity index (χ0n) is 21.1. The average Bonchev–Trinajstić information content (AvgIpc) is 2.94. The first-order valence-electron chi connectivity index (χ1n) is 12.8. The highest BCUT2D eigenvalue weighted by Crippen LogP contribution is 2.23. The number of nitrogens with one attached hydrogen (secondary N) is 1. The predicted octanol–water partition coefficient (Wildman–Crippen LogP) is 3.12. The van der Waals surface area contributed by atoms with E-state index in [2.05, 4.69) is 20.5 Å². The van der Waals surface area contributed by atoms with Crippen LogP contribution < -0.4 is 5.43 Å². The number of piperidine rings is 2. The summed E-state index contributed by atoms with van der Waals surface area (Å²) >= 11 is 0. The quantitative estimate of drug-likeness (QED) is 0.464. The molecule has 11 heteroatoms. The van der Waals surface area contributed by atoms with Crippen LogP contribution in [-0.2, 0) is 9.53 Å². The lowest BCUT2D eigenvalue weighted by Crippen LogP contribution is -2.48. The maximum absolute atomic E-state index is 12.7. The molecule has 1 N–H and O–H groups in total. The van der Waals surface area contributed by atoms with Crippen LogP contribution in [0.5, 0.6) is 0 Å². The fraction of sp³-hybridized carbons (Fsp3) is 0.538. The molecule has 0 radical (unpaired) electrons. The van der Waals surface area contributed by atoms with E-state index in [1.165, 1.54) is 24.3 Å². The molecule has 2 fully saturated rings. The highest BCUT2D eigenvalue weighted by molar-refractivity contribution is 6.10. The first kappa shape index (κ1) is 26.1. The van der Waals surface area contributed by atoms with Crippen molar-refractivity contribution in [3.05, 3.63) is 29.8 Å². The van der Waals surface area contributed by atoms with Gasteiger partial charge >= 0.3 is 6.09 Å². The second kappa shape index (κ2) is 12.3. The van der Waals surface area contributed by atoms with Gasteiger partial charge in [0.25, 0.3) is 0 Å². The van der Waals surface area contributed by atoms with Crippen molar-refractivity contribution in [2.75, 3.05) is 38.3 Å². The Hall–Kier alpha value is -3.96. The van der Waals surface area contributed by atoms with E-state index in [4.69, 9.17) is 15.3 Å². The summed E-state index contributed by atoms with van der Waals surface area (Å²) in [4.78, 5) is 29.5. The van der Waals surface area contributed by atoms with Crippen LogP contribution >= 0.6 is 0 Å². The molecule has 2 saturated heterocycles. The van der Waals surface area contributed by atoms with Gasteiger partial charge < -0.3 is 14.5 Å². The molecular weight excluding hydrogens is 472 g/mol. The Morgan fingerprint density at radius 3 is 2.43 bits per heavy atom. The summed E-state index contributed by atoms with van der Waals surface area (Å²) < 4.78 is 5.48. The van der Waals surface area contributed by atoms with Crippen molar-refractivity contribution < 1.29 is 14.3 Å². The van der Waals surface area contributed by atoms with E-state index < -0.39 is 6.09 Å². The number of likely N-dealkylation sites (tertiary alicyclic amines) is 2. The molecule has 1 atom stereocenters. The number of hydrogen-bond acceptors (Lipinski definition) is 9. The minimum absolute atomic E-state index is 0.103. The van der Waals surface area contributed by atoms with Gasteiger partial charge in [-0.15, -0.1) is 0 Å². The standard InChI is InChI=1S/C26H32N8O3/c1-19-15-24(35)34(31-25(19)20-5-7-21(8-6-20)29-30-22(16-27)17-28)18-37-26(36)33-13-9-23(10-14-33)32-11-3-2-4-12-32/h5-8,19,23,29H,2-4,9-15,18H2,1H3/t19-/m1/s1. The minimum atomic E-state index is -0.412. The van der Waals surface area contributed by atoms with E-state index in [9.17, 15) is 9.59 Å². The number of hydrazone groups is 2. The molecule has 0 saturated carbocycles. The van der Waals surface area contributed by atoms with Crippen molar-refractivity contribution in [1.29, 1.82) is 10.5 Å². The van der Waals surface area contributed by atoms with Crippen LogP contribution in [0.2, 0.25) is 0 Å². The van der Waals surface area contributed by atoms with Gasteiger partial charge in [-0.25, -0.2) is 4.79 Å². The molecular formula is C26H32N8O3. The Balaban J connectivity index is 1.32. The Bertz CT molecular complexity index is 1100. The molecule has 0 aromatic heterocycles. The van der Waals surface area contributed by atoms with Crippen LogP contribution in [0, 0.1) is 28.6 Å². The molecule has 3 aliphatic heterocycles. The summed E-state index contributed by atoms with van der Waals surface area (Å²) in [6.07, 6.45) is 5.57. The highest BCUT2D eigenvalue weighted by Gasteiger charge is 2.31. The molecule has 2 amide bonds. The molecule has 0 bridgehead atoms. The third kappa shape index (κ3) is 6.63. The lowest BCUT2D eigenvalue weighted by atomic mass is 9.94. The molecule has 4 rings (SSSR count). The number of benzene rings is 1. The van der Waals surface area contributed by atoms with Gasteiger partial charge in [0.05, 0.1) is 11.4 Å². The van der Waals surface area contributed by atoms with Crippen molar-refractivity contribution in [1.82, 2.24) is 14.8 Å². The summed E-state index contributed by atoms with van der Waals surface area (Å²) in [5.41, 5.74) is 4.51. The van der Waals surface area contributed by atoms with Gasteiger partial charge in [0.15, 0.2) is 6.73 Å². The third-order valence-electron chi connectivity index (χ3n) is 7.09. The van der Waals surface area contributed by atoms with E-state index in [0.29, 0.717) is 30.5 Å². The van der Waals surface area contributed by atoms with Crippen LogP contribution in [0.1, 0.15) is 51.0 Å². The fourth-order valence-electron chi connectivity index (χ4n) is 5.01. The zero-order chi connectivity index (χ0) is 26.2. The Labute approximate surface area is 216 Å². The Morgan fingerprint density at radius 1 is 1.11 bits per heavy atom. The van der Waals surface area contributed by atoms with Crippen LogP contribution in [0.4, 0.5) is 10.5 Å². The van der Waals surface area contributed by atoms with Crippen LogP contribution in [0.3, 0.4) is 0 Å². The Kier molecular flexibility index (Phi) is 8.70. The van der Waals surface area contributed by atoms with Gasteiger partial charge in [-0.3, -0.25) is 10.2 Å². The van der Waals surface area contributed by atoms with Crippen LogP contribution in [0.15, 0.2) is 34.5 Å². The normalized spacial score (nSPS) is 20.9. The molecule has 194 valence electrons. The number of anilines is 1. The van der Waals surface area contributed by atoms with Gasteiger partial charge in [-0.2, -0.15) is 25.7 Å². The smallest absolute Gasteiger partial charge is 0.411 e. The number of rotatable bonds is 6. The summed E-state index contributed by atoms with van der Waals surface area (Å²) in [5.74, 6) is -0.296. The van der Waals surface area contributed by atoms with Crippen molar-refractivity contribution >= 4 is 29.1 Å². The predicted molar refractivity (Wildman–Crippen MR) is 137 cm³/mol. The molecule has 0 unspecified atom stereocenters. The first-order chi connectivity index (χ1) is 18.0. The molecule has 3 heterocycles. The maximum atomic E-state index is 12.7.